The van der Waals surface area contributed by atoms with Gasteiger partial charge in [-0.1, -0.05) is 41.6 Å². The molecule has 0 fully saturated rings. The average Bonchev–Trinajstić information content (AvgIpc) is 3.16. The van der Waals surface area contributed by atoms with E-state index in [4.69, 9.17) is 5.26 Å². The van der Waals surface area contributed by atoms with Crippen LogP contribution in [-0.2, 0) is 4.79 Å². The second kappa shape index (κ2) is 8.00. The molecular formula is C21H18N6O2S. The number of aryl methyl sites for hydroxylation is 2. The summed E-state index contributed by atoms with van der Waals surface area (Å²) in [5.74, 6) is 0.190. The van der Waals surface area contributed by atoms with Crippen LogP contribution in [0.15, 0.2) is 52.4 Å². The predicted molar refractivity (Wildman–Crippen MR) is 115 cm³/mol. The molecule has 4 rings (SSSR count). The Labute approximate surface area is 176 Å². The summed E-state index contributed by atoms with van der Waals surface area (Å²) >= 11 is 1.20. The Morgan fingerprint density at radius 3 is 2.77 bits per heavy atom. The van der Waals surface area contributed by atoms with E-state index in [9.17, 15) is 9.59 Å². The fourth-order valence-electron chi connectivity index (χ4n) is 3.36. The van der Waals surface area contributed by atoms with Gasteiger partial charge in [0.1, 0.15) is 6.54 Å². The van der Waals surface area contributed by atoms with Gasteiger partial charge in [0.15, 0.2) is 5.16 Å². The molecule has 0 aliphatic carbocycles. The van der Waals surface area contributed by atoms with E-state index < -0.39 is 0 Å². The maximum absolute atomic E-state index is 13.4. The van der Waals surface area contributed by atoms with Gasteiger partial charge >= 0.3 is 0 Å². The molecule has 0 aliphatic rings. The molecule has 1 N–H and O–H groups in total. The molecule has 2 aromatic carbocycles. The molecule has 1 amide bonds. The summed E-state index contributed by atoms with van der Waals surface area (Å²) in [6, 6.07) is 15.0. The Morgan fingerprint density at radius 1 is 1.20 bits per heavy atom. The lowest BCUT2D eigenvalue weighted by molar-refractivity contribution is -0.118. The van der Waals surface area contributed by atoms with Crippen LogP contribution in [0.4, 0.5) is 0 Å². The number of para-hydroxylation sites is 1. The molecule has 0 aliphatic heterocycles. The standard InChI is InChI=1S/C21H18N6O2S/c1-13-7-8-16(14(2)11-13)26-19(29)15-5-3-4-6-17(15)27-20(26)24-25-21(27)30-12-18(28)23-10-9-22/h3-8,11H,10,12H2,1-2H3,(H,23,28). The Bertz CT molecular complexity index is 1380. The van der Waals surface area contributed by atoms with Crippen molar-refractivity contribution in [3.05, 3.63) is 63.9 Å². The van der Waals surface area contributed by atoms with Gasteiger partial charge in [-0.05, 0) is 37.6 Å². The van der Waals surface area contributed by atoms with Crippen LogP contribution in [0.25, 0.3) is 22.4 Å². The predicted octanol–water partition coefficient (Wildman–Crippen LogP) is 2.38. The number of benzene rings is 2. The fourth-order valence-corrected chi connectivity index (χ4v) is 4.13. The van der Waals surface area contributed by atoms with E-state index in [2.05, 4.69) is 15.5 Å². The maximum Gasteiger partial charge on any atom is 0.267 e. The summed E-state index contributed by atoms with van der Waals surface area (Å²) in [4.78, 5) is 25.3. The van der Waals surface area contributed by atoms with E-state index in [0.717, 1.165) is 16.8 Å². The molecule has 0 spiro atoms. The van der Waals surface area contributed by atoms with Crippen molar-refractivity contribution in [2.75, 3.05) is 12.3 Å². The van der Waals surface area contributed by atoms with Crippen molar-refractivity contribution in [1.82, 2.24) is 24.5 Å². The molecule has 0 unspecified atom stereocenters. The third-order valence-electron chi connectivity index (χ3n) is 4.68. The molecule has 0 bridgehead atoms. The molecule has 8 nitrogen and oxygen atoms in total. The number of fused-ring (bicyclic) bond motifs is 3. The van der Waals surface area contributed by atoms with E-state index in [0.29, 0.717) is 21.8 Å². The van der Waals surface area contributed by atoms with Gasteiger partial charge in [0, 0.05) is 0 Å². The first-order chi connectivity index (χ1) is 14.5. The largest absolute Gasteiger partial charge is 0.342 e. The number of amides is 1. The number of rotatable bonds is 5. The SMILES string of the molecule is Cc1ccc(-n2c(=O)c3ccccc3n3c(SCC(=O)NCC#N)nnc23)c(C)c1. The fraction of sp³-hybridized carbons (Fsp3) is 0.190. The number of nitrogens with one attached hydrogen (secondary N) is 1. The van der Waals surface area contributed by atoms with E-state index in [-0.39, 0.29) is 23.8 Å². The average molecular weight is 418 g/mol. The highest BCUT2D eigenvalue weighted by molar-refractivity contribution is 7.99. The van der Waals surface area contributed by atoms with Gasteiger partial charge < -0.3 is 5.32 Å². The number of hydrogen-bond acceptors (Lipinski definition) is 6. The molecule has 0 saturated carbocycles. The van der Waals surface area contributed by atoms with E-state index in [1.165, 1.54) is 11.8 Å². The third kappa shape index (κ3) is 3.42. The summed E-state index contributed by atoms with van der Waals surface area (Å²) in [5, 5.41) is 20.7. The van der Waals surface area contributed by atoms with Crippen molar-refractivity contribution in [3.63, 3.8) is 0 Å². The normalized spacial score (nSPS) is 11.0. The van der Waals surface area contributed by atoms with Gasteiger partial charge in [0.05, 0.1) is 28.4 Å². The van der Waals surface area contributed by atoms with Crippen molar-refractivity contribution in [3.8, 4) is 11.8 Å². The summed E-state index contributed by atoms with van der Waals surface area (Å²) < 4.78 is 3.35. The molecule has 4 aromatic rings. The summed E-state index contributed by atoms with van der Waals surface area (Å²) in [6.45, 7) is 3.90. The van der Waals surface area contributed by atoms with Crippen molar-refractivity contribution in [2.45, 2.75) is 19.0 Å². The van der Waals surface area contributed by atoms with Crippen molar-refractivity contribution in [2.24, 2.45) is 0 Å². The lowest BCUT2D eigenvalue weighted by Crippen LogP contribution is -2.25. The van der Waals surface area contributed by atoms with Gasteiger partial charge in [-0.15, -0.1) is 10.2 Å². The van der Waals surface area contributed by atoms with Crippen LogP contribution in [0.5, 0.6) is 0 Å². The molecular weight excluding hydrogens is 400 g/mol. The molecule has 0 saturated heterocycles. The van der Waals surface area contributed by atoms with E-state index in [1.54, 1.807) is 15.0 Å². The highest BCUT2D eigenvalue weighted by Crippen LogP contribution is 2.24. The van der Waals surface area contributed by atoms with Gasteiger partial charge in [0.25, 0.3) is 5.56 Å². The van der Waals surface area contributed by atoms with Gasteiger partial charge in [-0.3, -0.25) is 14.0 Å². The maximum atomic E-state index is 13.4. The number of carbonyl (C=O) groups is 1. The number of nitriles is 1. The minimum atomic E-state index is -0.273. The highest BCUT2D eigenvalue weighted by Gasteiger charge is 2.19. The third-order valence-corrected chi connectivity index (χ3v) is 5.61. The Morgan fingerprint density at radius 2 is 2.00 bits per heavy atom. The van der Waals surface area contributed by atoms with Crippen LogP contribution in [-0.4, -0.2) is 37.4 Å². The smallest absolute Gasteiger partial charge is 0.267 e. The zero-order chi connectivity index (χ0) is 21.3. The summed E-state index contributed by atoms with van der Waals surface area (Å²) in [5.41, 5.74) is 3.27. The summed E-state index contributed by atoms with van der Waals surface area (Å²) in [7, 11) is 0. The highest BCUT2D eigenvalue weighted by atomic mass is 32.2. The molecule has 150 valence electrons. The number of hydrogen-bond donors (Lipinski definition) is 1. The Balaban J connectivity index is 1.92. The van der Waals surface area contributed by atoms with Gasteiger partial charge in [-0.2, -0.15) is 5.26 Å². The number of thioether (sulfide) groups is 1. The van der Waals surface area contributed by atoms with Crippen LogP contribution in [0.3, 0.4) is 0 Å². The minimum absolute atomic E-state index is 0.0465. The lowest BCUT2D eigenvalue weighted by atomic mass is 10.1. The second-order valence-corrected chi connectivity index (χ2v) is 7.73. The molecule has 9 heteroatoms. The van der Waals surface area contributed by atoms with Crippen LogP contribution >= 0.6 is 11.8 Å². The topological polar surface area (TPSA) is 105 Å². The Kier molecular flexibility index (Phi) is 5.25. The molecule has 0 radical (unpaired) electrons. The Hall–Kier alpha value is -3.64. The minimum Gasteiger partial charge on any atom is -0.342 e. The number of nitrogens with zero attached hydrogens (tertiary/aromatic N) is 5. The quantitative estimate of drug-likeness (QED) is 0.394. The molecule has 2 heterocycles. The molecule has 0 atom stereocenters. The zero-order valence-corrected chi connectivity index (χ0v) is 17.2. The van der Waals surface area contributed by atoms with Crippen LogP contribution in [0.2, 0.25) is 0 Å². The van der Waals surface area contributed by atoms with E-state index in [1.807, 2.05) is 56.3 Å². The zero-order valence-electron chi connectivity index (χ0n) is 16.4. The first kappa shape index (κ1) is 19.7. The first-order valence-electron chi connectivity index (χ1n) is 9.24. The molecule has 2 aromatic heterocycles. The van der Waals surface area contributed by atoms with Crippen molar-refractivity contribution < 1.29 is 4.79 Å². The summed E-state index contributed by atoms with van der Waals surface area (Å²) in [6.07, 6.45) is 0. The van der Waals surface area contributed by atoms with Crippen LogP contribution in [0, 0.1) is 25.2 Å². The van der Waals surface area contributed by atoms with Crippen molar-refractivity contribution >= 4 is 34.3 Å². The number of carbonyl (C=O) groups excluding carboxylic acids is 1. The number of aromatic nitrogens is 4. The van der Waals surface area contributed by atoms with Crippen LogP contribution in [0.1, 0.15) is 11.1 Å². The molecule has 30 heavy (non-hydrogen) atoms. The van der Waals surface area contributed by atoms with Gasteiger partial charge in [-0.25, -0.2) is 4.57 Å². The van der Waals surface area contributed by atoms with Gasteiger partial charge in [0.2, 0.25) is 11.7 Å². The second-order valence-electron chi connectivity index (χ2n) is 6.79. The first-order valence-corrected chi connectivity index (χ1v) is 10.2. The lowest BCUT2D eigenvalue weighted by Gasteiger charge is -2.13. The monoisotopic (exact) mass is 418 g/mol. The van der Waals surface area contributed by atoms with Crippen molar-refractivity contribution in [1.29, 1.82) is 5.26 Å². The van der Waals surface area contributed by atoms with E-state index >= 15 is 0 Å². The van der Waals surface area contributed by atoms with Crippen LogP contribution < -0.4 is 10.9 Å².